The van der Waals surface area contributed by atoms with Gasteiger partial charge in [-0.25, -0.2) is 4.79 Å². The fourth-order valence-corrected chi connectivity index (χ4v) is 2.70. The average molecular weight is 375 g/mol. The predicted molar refractivity (Wildman–Crippen MR) is 90.4 cm³/mol. The molecule has 2 aromatic rings. The van der Waals surface area contributed by atoms with Gasteiger partial charge in [0.05, 0.1) is 11.3 Å². The maximum absolute atomic E-state index is 12.4. The molecule has 0 aliphatic carbocycles. The summed E-state index contributed by atoms with van der Waals surface area (Å²) in [7, 11) is 0. The average Bonchev–Trinajstić information content (AvgIpc) is 2.99. The predicted octanol–water partition coefficient (Wildman–Crippen LogP) is 3.30. The van der Waals surface area contributed by atoms with Gasteiger partial charge in [-0.05, 0) is 24.3 Å². The van der Waals surface area contributed by atoms with Crippen LogP contribution in [0.25, 0.3) is 0 Å². The zero-order valence-corrected chi connectivity index (χ0v) is 14.1. The number of halogens is 2. The molecular weight excluding hydrogens is 360 g/mol. The lowest BCUT2D eigenvalue weighted by Crippen LogP contribution is -2.28. The van der Waals surface area contributed by atoms with Crippen molar-refractivity contribution in [3.63, 3.8) is 0 Å². The highest BCUT2D eigenvalue weighted by atomic mass is 19.3. The minimum Gasteiger partial charge on any atom is -0.457 e. The van der Waals surface area contributed by atoms with Gasteiger partial charge in [-0.1, -0.05) is 24.3 Å². The Morgan fingerprint density at radius 1 is 1.04 bits per heavy atom. The van der Waals surface area contributed by atoms with E-state index in [0.717, 1.165) is 4.90 Å². The third kappa shape index (κ3) is 4.28. The highest BCUT2D eigenvalue weighted by molar-refractivity contribution is 6.20. The molecular formula is C19H15F2NO5. The van der Waals surface area contributed by atoms with E-state index in [1.54, 1.807) is 12.1 Å². The molecule has 27 heavy (non-hydrogen) atoms. The number of ether oxygens (including phenoxy) is 2. The first kappa shape index (κ1) is 18.5. The van der Waals surface area contributed by atoms with Crippen molar-refractivity contribution in [2.24, 2.45) is 0 Å². The lowest BCUT2D eigenvalue weighted by molar-refractivity contribution is -0.121. The summed E-state index contributed by atoms with van der Waals surface area (Å²) in [6, 6.07) is 11.9. The topological polar surface area (TPSA) is 72.9 Å². The van der Waals surface area contributed by atoms with E-state index < -0.39 is 12.6 Å². The number of carbonyl (C=O) groups excluding carboxylic acids is 3. The molecule has 0 N–H and O–H groups in total. The minimum atomic E-state index is -2.99. The first-order valence-electron chi connectivity index (χ1n) is 8.11. The van der Waals surface area contributed by atoms with Gasteiger partial charge in [0.15, 0.2) is 0 Å². The second-order valence-corrected chi connectivity index (χ2v) is 5.74. The standard InChI is InChI=1S/C19H15F2NO5/c20-19(21)27-15-7-2-1-4-13(15)11-26-18(25)12-5-3-6-14(10-12)22-16(23)8-9-17(22)24/h1-7,10,19H,8-9,11H2. The molecule has 1 aliphatic heterocycles. The molecule has 140 valence electrons. The van der Waals surface area contributed by atoms with E-state index in [2.05, 4.69) is 4.74 Å². The third-order valence-corrected chi connectivity index (χ3v) is 3.94. The van der Waals surface area contributed by atoms with Crippen molar-refractivity contribution in [2.75, 3.05) is 4.90 Å². The van der Waals surface area contributed by atoms with Gasteiger partial charge in [0.2, 0.25) is 11.8 Å². The first-order chi connectivity index (χ1) is 13.0. The Morgan fingerprint density at radius 3 is 2.44 bits per heavy atom. The maximum Gasteiger partial charge on any atom is 0.387 e. The fourth-order valence-electron chi connectivity index (χ4n) is 2.70. The van der Waals surface area contributed by atoms with Crippen molar-refractivity contribution in [1.29, 1.82) is 0 Å². The van der Waals surface area contributed by atoms with Crippen molar-refractivity contribution < 1.29 is 32.6 Å². The first-order valence-corrected chi connectivity index (χ1v) is 8.11. The number of carbonyl (C=O) groups is 3. The lowest BCUT2D eigenvalue weighted by atomic mass is 10.2. The Morgan fingerprint density at radius 2 is 1.74 bits per heavy atom. The number of rotatable bonds is 6. The molecule has 1 aliphatic rings. The van der Waals surface area contributed by atoms with Crippen LogP contribution >= 0.6 is 0 Å². The fraction of sp³-hybridized carbons (Fsp3) is 0.211. The zero-order chi connectivity index (χ0) is 19.4. The van der Waals surface area contributed by atoms with E-state index in [1.807, 2.05) is 0 Å². The molecule has 0 bridgehead atoms. The summed E-state index contributed by atoms with van der Waals surface area (Å²) in [5.74, 6) is -1.46. The molecule has 0 atom stereocenters. The zero-order valence-electron chi connectivity index (χ0n) is 14.1. The second-order valence-electron chi connectivity index (χ2n) is 5.74. The largest absolute Gasteiger partial charge is 0.457 e. The summed E-state index contributed by atoms with van der Waals surface area (Å²) in [4.78, 5) is 36.9. The molecule has 3 rings (SSSR count). The lowest BCUT2D eigenvalue weighted by Gasteiger charge is -2.15. The van der Waals surface area contributed by atoms with Gasteiger partial charge in [0, 0.05) is 18.4 Å². The van der Waals surface area contributed by atoms with E-state index in [1.165, 1.54) is 36.4 Å². The number of para-hydroxylation sites is 1. The van der Waals surface area contributed by atoms with Gasteiger partial charge in [0.1, 0.15) is 12.4 Å². The summed E-state index contributed by atoms with van der Waals surface area (Å²) in [5.41, 5.74) is 0.706. The van der Waals surface area contributed by atoms with Crippen molar-refractivity contribution in [3.8, 4) is 5.75 Å². The maximum atomic E-state index is 12.4. The number of anilines is 1. The summed E-state index contributed by atoms with van der Waals surface area (Å²) in [5, 5.41) is 0. The Bertz CT molecular complexity index is 868. The van der Waals surface area contributed by atoms with Crippen molar-refractivity contribution in [1.82, 2.24) is 0 Å². The number of alkyl halides is 2. The van der Waals surface area contributed by atoms with Crippen LogP contribution in [0.3, 0.4) is 0 Å². The van der Waals surface area contributed by atoms with Crippen molar-refractivity contribution >= 4 is 23.5 Å². The highest BCUT2D eigenvalue weighted by Gasteiger charge is 2.30. The van der Waals surface area contributed by atoms with Crippen molar-refractivity contribution in [2.45, 2.75) is 26.1 Å². The highest BCUT2D eigenvalue weighted by Crippen LogP contribution is 2.25. The number of esters is 1. The molecule has 0 aromatic heterocycles. The second kappa shape index (κ2) is 7.94. The summed E-state index contributed by atoms with van der Waals surface area (Å²) >= 11 is 0. The molecule has 2 aromatic carbocycles. The number of imide groups is 1. The number of hydrogen-bond donors (Lipinski definition) is 0. The summed E-state index contributed by atoms with van der Waals surface area (Å²) in [6.07, 6.45) is 0.267. The van der Waals surface area contributed by atoms with Gasteiger partial charge in [-0.15, -0.1) is 0 Å². The summed E-state index contributed by atoms with van der Waals surface area (Å²) in [6.45, 7) is -3.26. The molecule has 6 nitrogen and oxygen atoms in total. The Kier molecular flexibility index (Phi) is 5.44. The monoisotopic (exact) mass is 375 g/mol. The normalized spacial score (nSPS) is 14.0. The molecule has 1 fully saturated rings. The van der Waals surface area contributed by atoms with Crippen LogP contribution in [-0.4, -0.2) is 24.4 Å². The smallest absolute Gasteiger partial charge is 0.387 e. The van der Waals surface area contributed by atoms with Gasteiger partial charge in [-0.2, -0.15) is 8.78 Å². The van der Waals surface area contributed by atoms with Gasteiger partial charge >= 0.3 is 12.6 Å². The van der Waals surface area contributed by atoms with Crippen molar-refractivity contribution in [3.05, 3.63) is 59.7 Å². The number of nitrogens with zero attached hydrogens (tertiary/aromatic N) is 1. The van der Waals surface area contributed by atoms with Crippen LogP contribution in [-0.2, 0) is 20.9 Å². The number of benzene rings is 2. The van der Waals surface area contributed by atoms with Crippen LogP contribution in [0.4, 0.5) is 14.5 Å². The molecule has 0 unspecified atom stereocenters. The molecule has 0 saturated carbocycles. The van der Waals surface area contributed by atoms with Crippen LogP contribution in [0.2, 0.25) is 0 Å². The molecule has 0 spiro atoms. The van der Waals surface area contributed by atoms with E-state index in [4.69, 9.17) is 4.74 Å². The van der Waals surface area contributed by atoms with E-state index in [9.17, 15) is 23.2 Å². The molecule has 1 heterocycles. The Balaban J connectivity index is 1.72. The molecule has 8 heteroatoms. The minimum absolute atomic E-state index is 0.0812. The van der Waals surface area contributed by atoms with E-state index in [-0.39, 0.29) is 48.1 Å². The van der Waals surface area contributed by atoms with E-state index >= 15 is 0 Å². The Hall–Kier alpha value is -3.29. The van der Waals surface area contributed by atoms with Crippen LogP contribution in [0.1, 0.15) is 28.8 Å². The van der Waals surface area contributed by atoms with E-state index in [0.29, 0.717) is 5.69 Å². The summed E-state index contributed by atoms with van der Waals surface area (Å²) < 4.78 is 34.4. The Labute approximate surface area is 153 Å². The SMILES string of the molecule is O=C(OCc1ccccc1OC(F)F)c1cccc(N2C(=O)CCC2=O)c1. The number of hydrogen-bond acceptors (Lipinski definition) is 5. The van der Waals surface area contributed by atoms with Gasteiger partial charge in [-0.3, -0.25) is 14.5 Å². The quantitative estimate of drug-likeness (QED) is 0.572. The van der Waals surface area contributed by atoms with Crippen LogP contribution in [0.5, 0.6) is 5.75 Å². The molecule has 1 saturated heterocycles. The molecule has 0 radical (unpaired) electrons. The van der Waals surface area contributed by atoms with Crippen LogP contribution < -0.4 is 9.64 Å². The van der Waals surface area contributed by atoms with Crippen LogP contribution in [0.15, 0.2) is 48.5 Å². The van der Waals surface area contributed by atoms with Crippen LogP contribution in [0, 0.1) is 0 Å². The number of amides is 2. The molecule has 2 amide bonds. The third-order valence-electron chi connectivity index (χ3n) is 3.94. The van der Waals surface area contributed by atoms with Gasteiger partial charge in [0.25, 0.3) is 0 Å². The van der Waals surface area contributed by atoms with Gasteiger partial charge < -0.3 is 9.47 Å².